The zero-order valence-corrected chi connectivity index (χ0v) is 18.1. The van der Waals surface area contributed by atoms with Gasteiger partial charge in [0.2, 0.25) is 10.0 Å². The van der Waals surface area contributed by atoms with Crippen LogP contribution in [0.1, 0.15) is 32.1 Å². The molecular formula is C22H27NO6S. The van der Waals surface area contributed by atoms with Crippen molar-refractivity contribution in [3.8, 4) is 5.75 Å². The Morgan fingerprint density at radius 3 is 2.40 bits per heavy atom. The van der Waals surface area contributed by atoms with E-state index in [1.54, 1.807) is 18.2 Å². The van der Waals surface area contributed by atoms with Gasteiger partial charge in [-0.05, 0) is 60.7 Å². The lowest BCUT2D eigenvalue weighted by molar-refractivity contribution is -0.144. The lowest BCUT2D eigenvalue weighted by atomic mass is 10.1. The number of hydrogen-bond donors (Lipinski definition) is 0. The van der Waals surface area contributed by atoms with Gasteiger partial charge in [0, 0.05) is 20.1 Å². The number of benzene rings is 2. The maximum Gasteiger partial charge on any atom is 0.324 e. The van der Waals surface area contributed by atoms with Gasteiger partial charge >= 0.3 is 5.97 Å². The van der Waals surface area contributed by atoms with Crippen LogP contribution in [0.4, 0.5) is 0 Å². The van der Waals surface area contributed by atoms with Crippen LogP contribution in [-0.2, 0) is 24.3 Å². The molecule has 8 heteroatoms. The Hall–Kier alpha value is -2.16. The molecule has 2 aliphatic rings. The van der Waals surface area contributed by atoms with Gasteiger partial charge in [-0.25, -0.2) is 8.42 Å². The molecule has 2 aromatic carbocycles. The Labute approximate surface area is 177 Å². The van der Waals surface area contributed by atoms with Crippen molar-refractivity contribution in [2.45, 2.75) is 55.2 Å². The van der Waals surface area contributed by atoms with Crippen molar-refractivity contribution < 1.29 is 27.4 Å². The Morgan fingerprint density at radius 2 is 1.70 bits per heavy atom. The number of nitrogens with zero attached hydrogens (tertiary/aromatic N) is 1. The molecular weight excluding hydrogens is 406 g/mol. The van der Waals surface area contributed by atoms with Crippen molar-refractivity contribution >= 4 is 26.8 Å². The fraction of sp³-hybridized carbons (Fsp3) is 0.500. The Morgan fingerprint density at radius 1 is 1.00 bits per heavy atom. The molecule has 2 aromatic rings. The van der Waals surface area contributed by atoms with Crippen molar-refractivity contribution in [2.24, 2.45) is 0 Å². The van der Waals surface area contributed by atoms with Gasteiger partial charge in [0.05, 0.1) is 24.2 Å². The van der Waals surface area contributed by atoms with E-state index >= 15 is 0 Å². The zero-order chi connectivity index (χ0) is 21.3. The molecule has 0 bridgehead atoms. The number of rotatable bonds is 6. The van der Waals surface area contributed by atoms with Crippen LogP contribution in [0.25, 0.3) is 10.8 Å². The van der Waals surface area contributed by atoms with Crippen LogP contribution < -0.4 is 4.74 Å². The van der Waals surface area contributed by atoms with E-state index in [1.165, 1.54) is 31.4 Å². The molecule has 0 unspecified atom stereocenters. The van der Waals surface area contributed by atoms with Gasteiger partial charge in [-0.1, -0.05) is 12.1 Å². The number of hydrogen-bond acceptors (Lipinski definition) is 6. The molecule has 1 heterocycles. The van der Waals surface area contributed by atoms with Crippen LogP contribution in [0, 0.1) is 0 Å². The molecule has 1 saturated heterocycles. The lowest BCUT2D eigenvalue weighted by Gasteiger charge is -2.22. The van der Waals surface area contributed by atoms with Crippen LogP contribution in [-0.4, -0.2) is 57.7 Å². The first-order valence-electron chi connectivity index (χ1n) is 10.3. The van der Waals surface area contributed by atoms with E-state index in [1.807, 2.05) is 18.2 Å². The first-order chi connectivity index (χ1) is 14.4. The summed E-state index contributed by atoms with van der Waals surface area (Å²) in [5.41, 5.74) is 0. The van der Waals surface area contributed by atoms with E-state index < -0.39 is 22.0 Å². The highest BCUT2D eigenvalue weighted by Gasteiger charge is 2.44. The average Bonchev–Trinajstić information content (AvgIpc) is 3.42. The van der Waals surface area contributed by atoms with Crippen molar-refractivity contribution in [3.05, 3.63) is 36.4 Å². The highest BCUT2D eigenvalue weighted by atomic mass is 32.2. The number of carbonyl (C=O) groups excluding carboxylic acids is 1. The molecule has 0 amide bonds. The molecule has 0 radical (unpaired) electrons. The highest BCUT2D eigenvalue weighted by Crippen LogP contribution is 2.31. The quantitative estimate of drug-likeness (QED) is 0.651. The predicted octanol–water partition coefficient (Wildman–Crippen LogP) is 3.11. The summed E-state index contributed by atoms with van der Waals surface area (Å²) in [6.07, 6.45) is 4.75. The summed E-state index contributed by atoms with van der Waals surface area (Å²) in [6.45, 7) is 0.116. The van der Waals surface area contributed by atoms with Crippen LogP contribution in [0.2, 0.25) is 0 Å². The molecule has 4 rings (SSSR count). The second-order valence-electron chi connectivity index (χ2n) is 7.90. The molecule has 2 atom stereocenters. The number of fused-ring (bicyclic) bond motifs is 1. The molecule has 0 aromatic heterocycles. The van der Waals surface area contributed by atoms with E-state index in [9.17, 15) is 13.2 Å². The Bertz CT molecular complexity index is 1030. The molecule has 1 aliphatic heterocycles. The number of carbonyl (C=O) groups is 1. The van der Waals surface area contributed by atoms with Gasteiger partial charge in [0.1, 0.15) is 11.8 Å². The maximum atomic E-state index is 13.3. The molecule has 2 fully saturated rings. The highest BCUT2D eigenvalue weighted by molar-refractivity contribution is 7.89. The third kappa shape index (κ3) is 4.04. The smallest absolute Gasteiger partial charge is 0.324 e. The Balaban J connectivity index is 1.61. The normalized spacial score (nSPS) is 23.1. The minimum atomic E-state index is -3.88. The average molecular weight is 434 g/mol. The minimum absolute atomic E-state index is 0.116. The predicted molar refractivity (Wildman–Crippen MR) is 112 cm³/mol. The fourth-order valence-electron chi connectivity index (χ4n) is 4.33. The summed E-state index contributed by atoms with van der Waals surface area (Å²) in [5, 5.41) is 1.71. The van der Waals surface area contributed by atoms with Crippen LogP contribution in [0.5, 0.6) is 5.75 Å². The number of sulfonamides is 1. The van der Waals surface area contributed by atoms with E-state index in [0.717, 1.165) is 29.4 Å². The van der Waals surface area contributed by atoms with Crippen LogP contribution in [0.3, 0.4) is 0 Å². The zero-order valence-electron chi connectivity index (χ0n) is 17.2. The van der Waals surface area contributed by atoms with Gasteiger partial charge in [0.15, 0.2) is 0 Å². The van der Waals surface area contributed by atoms with Gasteiger partial charge in [-0.15, -0.1) is 0 Å². The first kappa shape index (κ1) is 21.1. The lowest BCUT2D eigenvalue weighted by Crippen LogP contribution is -2.41. The number of esters is 1. The third-order valence-corrected chi connectivity index (χ3v) is 7.89. The van der Waals surface area contributed by atoms with E-state index in [4.69, 9.17) is 14.2 Å². The summed E-state index contributed by atoms with van der Waals surface area (Å²) in [6, 6.07) is 9.80. The molecule has 7 nitrogen and oxygen atoms in total. The minimum Gasteiger partial charge on any atom is -0.490 e. The van der Waals surface area contributed by atoms with Gasteiger partial charge in [-0.2, -0.15) is 4.31 Å². The standard InChI is InChI=1S/C22H27NO6S/c1-27-19-13-21(22(24)28-2)23(14-19)30(25,26)20-10-8-15-11-18(9-7-16(15)12-20)29-17-5-3-4-6-17/h7-12,17,19,21H,3-6,13-14H2,1-2H3/t19-,21+/m1/s1. The van der Waals surface area contributed by atoms with Crippen molar-refractivity contribution in [2.75, 3.05) is 20.8 Å². The molecule has 0 N–H and O–H groups in total. The van der Waals surface area contributed by atoms with Crippen LogP contribution in [0.15, 0.2) is 41.3 Å². The second kappa shape index (κ2) is 8.53. The fourth-order valence-corrected chi connectivity index (χ4v) is 5.98. The second-order valence-corrected chi connectivity index (χ2v) is 9.79. The summed E-state index contributed by atoms with van der Waals surface area (Å²) < 4.78 is 44.0. The Kier molecular flexibility index (Phi) is 5.99. The van der Waals surface area contributed by atoms with E-state index in [0.29, 0.717) is 0 Å². The summed E-state index contributed by atoms with van der Waals surface area (Å²) in [7, 11) is -1.12. The molecule has 162 valence electrons. The van der Waals surface area contributed by atoms with Crippen LogP contribution >= 0.6 is 0 Å². The largest absolute Gasteiger partial charge is 0.490 e. The molecule has 1 aliphatic carbocycles. The molecule has 0 spiro atoms. The summed E-state index contributed by atoms with van der Waals surface area (Å²) in [4.78, 5) is 12.3. The van der Waals surface area contributed by atoms with Crippen molar-refractivity contribution in [3.63, 3.8) is 0 Å². The van der Waals surface area contributed by atoms with Gasteiger partial charge in [0.25, 0.3) is 0 Å². The molecule has 1 saturated carbocycles. The maximum absolute atomic E-state index is 13.3. The molecule has 30 heavy (non-hydrogen) atoms. The van der Waals surface area contributed by atoms with E-state index in [-0.39, 0.29) is 30.1 Å². The summed E-state index contributed by atoms with van der Waals surface area (Å²) >= 11 is 0. The van der Waals surface area contributed by atoms with Crippen molar-refractivity contribution in [1.82, 2.24) is 4.31 Å². The SMILES string of the molecule is COC(=O)[C@@H]1C[C@@H](OC)CN1S(=O)(=O)c1ccc2cc(OC3CCCC3)ccc2c1. The summed E-state index contributed by atoms with van der Waals surface area (Å²) in [5.74, 6) is 0.228. The van der Waals surface area contributed by atoms with E-state index in [2.05, 4.69) is 0 Å². The van der Waals surface area contributed by atoms with Gasteiger partial charge < -0.3 is 14.2 Å². The number of ether oxygens (including phenoxy) is 3. The van der Waals surface area contributed by atoms with Gasteiger partial charge in [-0.3, -0.25) is 4.79 Å². The van der Waals surface area contributed by atoms with Crippen molar-refractivity contribution in [1.29, 1.82) is 0 Å². The first-order valence-corrected chi connectivity index (χ1v) is 11.7. The topological polar surface area (TPSA) is 82.1 Å². The third-order valence-electron chi connectivity index (χ3n) is 6.02. The monoisotopic (exact) mass is 433 g/mol. The number of methoxy groups -OCH3 is 2.